The molecular formula is C18H19N5O2. The molecular weight excluding hydrogens is 318 g/mol. The lowest BCUT2D eigenvalue weighted by Gasteiger charge is -2.10. The largest absolute Gasteiger partial charge is 0.356 e. The van der Waals surface area contributed by atoms with Crippen molar-refractivity contribution in [3.63, 3.8) is 0 Å². The van der Waals surface area contributed by atoms with Crippen molar-refractivity contribution in [1.29, 1.82) is 0 Å². The summed E-state index contributed by atoms with van der Waals surface area (Å²) < 4.78 is 1.87. The Balaban J connectivity index is 1.79. The third-order valence-corrected chi connectivity index (χ3v) is 3.90. The molecule has 0 aliphatic heterocycles. The number of nitrogens with one attached hydrogen (secondary N) is 1. The highest BCUT2D eigenvalue weighted by atomic mass is 16.6. The van der Waals surface area contributed by atoms with Crippen molar-refractivity contribution in [2.45, 2.75) is 27.3 Å². The smallest absolute Gasteiger partial charge is 0.272 e. The summed E-state index contributed by atoms with van der Waals surface area (Å²) in [5, 5.41) is 18.6. The number of anilines is 2. The van der Waals surface area contributed by atoms with E-state index >= 15 is 0 Å². The van der Waals surface area contributed by atoms with Gasteiger partial charge in [0.1, 0.15) is 11.6 Å². The molecule has 0 aliphatic rings. The van der Waals surface area contributed by atoms with Gasteiger partial charge < -0.3 is 5.32 Å². The molecule has 7 nitrogen and oxygen atoms in total. The van der Waals surface area contributed by atoms with Crippen LogP contribution < -0.4 is 5.32 Å². The molecule has 25 heavy (non-hydrogen) atoms. The van der Waals surface area contributed by atoms with E-state index in [-0.39, 0.29) is 10.6 Å². The number of aryl methyl sites for hydroxylation is 3. The summed E-state index contributed by atoms with van der Waals surface area (Å²) in [7, 11) is 0. The molecule has 0 atom stereocenters. The Hall–Kier alpha value is -3.22. The molecule has 0 bridgehead atoms. The maximum Gasteiger partial charge on any atom is 0.272 e. The summed E-state index contributed by atoms with van der Waals surface area (Å²) >= 11 is 0. The molecule has 0 saturated carbocycles. The number of benzene rings is 2. The van der Waals surface area contributed by atoms with Gasteiger partial charge in [-0.3, -0.25) is 10.1 Å². The van der Waals surface area contributed by atoms with E-state index in [0.717, 1.165) is 28.6 Å². The van der Waals surface area contributed by atoms with Crippen LogP contribution >= 0.6 is 0 Å². The van der Waals surface area contributed by atoms with Crippen LogP contribution in [0.5, 0.6) is 0 Å². The molecule has 0 amide bonds. The van der Waals surface area contributed by atoms with Crippen LogP contribution in [0.25, 0.3) is 0 Å². The predicted molar refractivity (Wildman–Crippen MR) is 96.2 cm³/mol. The maximum absolute atomic E-state index is 10.9. The highest BCUT2D eigenvalue weighted by molar-refractivity contribution is 5.63. The quantitative estimate of drug-likeness (QED) is 0.563. The second-order valence-corrected chi connectivity index (χ2v) is 5.95. The Morgan fingerprint density at radius 3 is 2.52 bits per heavy atom. The van der Waals surface area contributed by atoms with Gasteiger partial charge in [0.2, 0.25) is 0 Å². The van der Waals surface area contributed by atoms with Crippen LogP contribution in [-0.2, 0) is 6.54 Å². The molecule has 0 fully saturated rings. The van der Waals surface area contributed by atoms with Crippen molar-refractivity contribution in [2.24, 2.45) is 0 Å². The first-order valence-corrected chi connectivity index (χ1v) is 7.91. The van der Waals surface area contributed by atoms with Gasteiger partial charge in [0.25, 0.3) is 5.69 Å². The van der Waals surface area contributed by atoms with Crippen LogP contribution in [0.2, 0.25) is 0 Å². The number of nitro benzene ring substituents is 1. The minimum Gasteiger partial charge on any atom is -0.356 e. The van der Waals surface area contributed by atoms with Crippen LogP contribution in [0.15, 0.2) is 42.5 Å². The van der Waals surface area contributed by atoms with Gasteiger partial charge in [0.15, 0.2) is 0 Å². The monoisotopic (exact) mass is 337 g/mol. The molecule has 1 N–H and O–H groups in total. The van der Waals surface area contributed by atoms with Crippen molar-refractivity contribution in [2.75, 3.05) is 5.32 Å². The zero-order valence-electron chi connectivity index (χ0n) is 14.4. The molecule has 0 saturated heterocycles. The number of hydrogen-bond acceptors (Lipinski definition) is 5. The Kier molecular flexibility index (Phi) is 4.47. The molecule has 3 aromatic rings. The Morgan fingerprint density at radius 1 is 1.12 bits per heavy atom. The summed E-state index contributed by atoms with van der Waals surface area (Å²) in [5.74, 6) is 1.63. The fourth-order valence-electron chi connectivity index (χ4n) is 2.74. The second-order valence-electron chi connectivity index (χ2n) is 5.95. The normalized spacial score (nSPS) is 10.7. The van der Waals surface area contributed by atoms with Crippen molar-refractivity contribution in [3.05, 3.63) is 75.4 Å². The summed E-state index contributed by atoms with van der Waals surface area (Å²) in [5.41, 5.74) is 3.57. The number of hydrogen-bond donors (Lipinski definition) is 1. The number of rotatable bonds is 5. The van der Waals surface area contributed by atoms with E-state index in [0.29, 0.717) is 12.1 Å². The van der Waals surface area contributed by atoms with Gasteiger partial charge in [-0.25, -0.2) is 9.67 Å². The fourth-order valence-corrected chi connectivity index (χ4v) is 2.74. The maximum atomic E-state index is 10.9. The predicted octanol–water partition coefficient (Wildman–Crippen LogP) is 3.90. The van der Waals surface area contributed by atoms with Crippen LogP contribution in [0.3, 0.4) is 0 Å². The molecule has 1 heterocycles. The molecule has 0 radical (unpaired) electrons. The van der Waals surface area contributed by atoms with Gasteiger partial charge >= 0.3 is 0 Å². The van der Waals surface area contributed by atoms with Crippen molar-refractivity contribution in [1.82, 2.24) is 14.8 Å². The van der Waals surface area contributed by atoms with Gasteiger partial charge in [-0.2, -0.15) is 5.10 Å². The second kappa shape index (κ2) is 6.72. The van der Waals surface area contributed by atoms with Gasteiger partial charge in [-0.05, 0) is 50.6 Å². The minimum absolute atomic E-state index is 0.122. The zero-order chi connectivity index (χ0) is 18.0. The van der Waals surface area contributed by atoms with E-state index in [4.69, 9.17) is 0 Å². The summed E-state index contributed by atoms with van der Waals surface area (Å²) in [6.45, 7) is 6.18. The first kappa shape index (κ1) is 16.6. The minimum atomic E-state index is -0.373. The van der Waals surface area contributed by atoms with Crippen LogP contribution in [0.1, 0.15) is 22.8 Å². The first-order valence-electron chi connectivity index (χ1n) is 7.91. The first-order chi connectivity index (χ1) is 11.9. The molecule has 3 rings (SSSR count). The van der Waals surface area contributed by atoms with Crippen molar-refractivity contribution < 1.29 is 4.92 Å². The van der Waals surface area contributed by atoms with E-state index in [2.05, 4.69) is 15.4 Å². The highest BCUT2D eigenvalue weighted by Crippen LogP contribution is 2.24. The Bertz CT molecular complexity index is 933. The molecule has 0 unspecified atom stereocenters. The van der Waals surface area contributed by atoms with E-state index in [1.54, 1.807) is 19.1 Å². The van der Waals surface area contributed by atoms with E-state index in [1.165, 1.54) is 6.07 Å². The number of nitro groups is 1. The number of aromatic nitrogens is 3. The lowest BCUT2D eigenvalue weighted by molar-refractivity contribution is -0.385. The van der Waals surface area contributed by atoms with Crippen molar-refractivity contribution >= 4 is 17.1 Å². The van der Waals surface area contributed by atoms with Crippen molar-refractivity contribution in [3.8, 4) is 0 Å². The third-order valence-electron chi connectivity index (χ3n) is 3.90. The average molecular weight is 337 g/mol. The zero-order valence-corrected chi connectivity index (χ0v) is 14.4. The molecule has 128 valence electrons. The number of nitrogens with zero attached hydrogens (tertiary/aromatic N) is 4. The lowest BCUT2D eigenvalue weighted by Crippen LogP contribution is -2.04. The van der Waals surface area contributed by atoms with Crippen LogP contribution in [0.4, 0.5) is 17.1 Å². The Labute approximate surface area is 145 Å². The summed E-state index contributed by atoms with van der Waals surface area (Å²) in [4.78, 5) is 14.8. The van der Waals surface area contributed by atoms with Gasteiger partial charge in [-0.1, -0.05) is 12.1 Å². The highest BCUT2D eigenvalue weighted by Gasteiger charge is 2.10. The van der Waals surface area contributed by atoms with Gasteiger partial charge in [0.05, 0.1) is 11.5 Å². The summed E-state index contributed by atoms with van der Waals surface area (Å²) in [6, 6.07) is 13.0. The van der Waals surface area contributed by atoms with Crippen LogP contribution in [-0.4, -0.2) is 19.7 Å². The van der Waals surface area contributed by atoms with Crippen LogP contribution in [0, 0.1) is 30.9 Å². The third kappa shape index (κ3) is 3.82. The molecule has 1 aromatic heterocycles. The fraction of sp³-hybridized carbons (Fsp3) is 0.222. The lowest BCUT2D eigenvalue weighted by atomic mass is 10.1. The molecule has 7 heteroatoms. The SMILES string of the molecule is Cc1nc(C)n(Cc2cccc(Nc3ccc([N+](=O)[O-])c(C)c3)c2)n1. The standard InChI is InChI=1S/C18H19N5O2/c1-12-9-17(7-8-18(12)23(24)25)20-16-6-4-5-15(10-16)11-22-14(3)19-13(2)21-22/h4-10,20H,11H2,1-3H3. The van der Waals surface area contributed by atoms with Gasteiger partial charge in [-0.15, -0.1) is 0 Å². The average Bonchev–Trinajstić information content (AvgIpc) is 2.85. The van der Waals surface area contributed by atoms with E-state index in [1.807, 2.05) is 42.8 Å². The summed E-state index contributed by atoms with van der Waals surface area (Å²) in [6.07, 6.45) is 0. The van der Waals surface area contributed by atoms with E-state index < -0.39 is 0 Å². The topological polar surface area (TPSA) is 85.9 Å². The Morgan fingerprint density at radius 2 is 1.88 bits per heavy atom. The van der Waals surface area contributed by atoms with E-state index in [9.17, 15) is 10.1 Å². The molecule has 2 aromatic carbocycles. The molecule has 0 aliphatic carbocycles. The molecule has 0 spiro atoms. The van der Waals surface area contributed by atoms with Gasteiger partial charge in [0, 0.05) is 23.0 Å².